The smallest absolute Gasteiger partial charge is 0.144 e. The highest BCUT2D eigenvalue weighted by Gasteiger charge is 2.24. The number of aliphatic imine (C=N–C) groups is 2. The number of aromatic amines is 3. The molecule has 1 atom stereocenters. The quantitative estimate of drug-likeness (QED) is 0.0596. The van der Waals surface area contributed by atoms with Crippen molar-refractivity contribution in [1.82, 2.24) is 40.4 Å². The Morgan fingerprint density at radius 3 is 1.79 bits per heavy atom. The van der Waals surface area contributed by atoms with Gasteiger partial charge >= 0.3 is 0 Å². The summed E-state index contributed by atoms with van der Waals surface area (Å²) < 4.78 is 0. The first-order chi connectivity index (χ1) is 29.2. The first-order valence-electron chi connectivity index (χ1n) is 22.8. The van der Waals surface area contributed by atoms with Crippen LogP contribution in [0.25, 0.3) is 11.0 Å². The summed E-state index contributed by atoms with van der Waals surface area (Å²) in [5, 5.41) is 19.5. The van der Waals surface area contributed by atoms with Gasteiger partial charge < -0.3 is 26.1 Å². The SMILES string of the molecule is CC(C)(C)C(O)c1ccn[nH]1.CC(C)(C)CCC1=NCCN1.CC(C)(C)CCc1nc2ccccc2[nH]1.CC(C)CN=C(N)c1ccccn1.Cc1nc(CCC(C)(C)C)[nH]c1C. The lowest BCUT2D eigenvalue weighted by molar-refractivity contribution is 0.0589. The van der Waals surface area contributed by atoms with E-state index < -0.39 is 6.10 Å². The maximum absolute atomic E-state index is 9.67. The van der Waals surface area contributed by atoms with Gasteiger partial charge in [0.05, 0.1) is 34.8 Å². The number of imidazole rings is 2. The van der Waals surface area contributed by atoms with E-state index in [2.05, 4.69) is 140 Å². The lowest BCUT2D eigenvalue weighted by Crippen LogP contribution is -2.20. The molecule has 5 aromatic rings. The fraction of sp³-hybridized carbons (Fsp3) is 0.608. The highest BCUT2D eigenvalue weighted by Crippen LogP contribution is 2.31. The third kappa shape index (κ3) is 24.0. The van der Waals surface area contributed by atoms with Gasteiger partial charge in [0.2, 0.25) is 0 Å². The van der Waals surface area contributed by atoms with E-state index in [0.29, 0.717) is 28.0 Å². The summed E-state index contributed by atoms with van der Waals surface area (Å²) in [6.45, 7) is 37.4. The number of hydrogen-bond acceptors (Lipinski definition) is 8. The lowest BCUT2D eigenvalue weighted by atomic mass is 9.87. The van der Waals surface area contributed by atoms with Gasteiger partial charge in [-0.3, -0.25) is 20.1 Å². The fourth-order valence-corrected chi connectivity index (χ4v) is 5.72. The largest absolute Gasteiger partial charge is 0.386 e. The Bertz CT molecular complexity index is 2000. The molecule has 0 bridgehead atoms. The number of aliphatic hydroxyl groups is 1. The third-order valence-electron chi connectivity index (χ3n) is 9.89. The van der Waals surface area contributed by atoms with E-state index in [0.717, 1.165) is 85.1 Å². The predicted molar refractivity (Wildman–Crippen MR) is 266 cm³/mol. The Kier molecular flexibility index (Phi) is 21.9. The number of H-pyrrole nitrogens is 3. The van der Waals surface area contributed by atoms with Crippen LogP contribution in [0.2, 0.25) is 0 Å². The van der Waals surface area contributed by atoms with Crippen LogP contribution in [0.4, 0.5) is 0 Å². The average molecular weight is 868 g/mol. The summed E-state index contributed by atoms with van der Waals surface area (Å²) in [5.41, 5.74) is 12.9. The second kappa shape index (κ2) is 25.5. The predicted octanol–water partition coefficient (Wildman–Crippen LogP) is 11.3. The van der Waals surface area contributed by atoms with Crippen LogP contribution in [-0.4, -0.2) is 71.5 Å². The molecule has 12 nitrogen and oxygen atoms in total. The molecule has 0 aliphatic carbocycles. The third-order valence-corrected chi connectivity index (χ3v) is 9.89. The molecule has 0 amide bonds. The Hall–Kier alpha value is -4.84. The summed E-state index contributed by atoms with van der Waals surface area (Å²) in [7, 11) is 0. The van der Waals surface area contributed by atoms with Crippen LogP contribution in [-0.2, 0) is 12.8 Å². The summed E-state index contributed by atoms with van der Waals surface area (Å²) in [6, 6.07) is 15.6. The number of fused-ring (bicyclic) bond motifs is 1. The summed E-state index contributed by atoms with van der Waals surface area (Å²) in [4.78, 5) is 28.4. The number of nitrogens with zero attached hydrogens (tertiary/aromatic N) is 6. The highest BCUT2D eigenvalue weighted by atomic mass is 16.3. The Balaban J connectivity index is 0.000000272. The molecule has 0 spiro atoms. The minimum Gasteiger partial charge on any atom is -0.386 e. The molecule has 0 saturated carbocycles. The molecule has 1 aliphatic rings. The van der Waals surface area contributed by atoms with E-state index in [1.54, 1.807) is 18.5 Å². The zero-order valence-electron chi connectivity index (χ0n) is 42.0. The first-order valence-corrected chi connectivity index (χ1v) is 22.8. The van der Waals surface area contributed by atoms with Crippen molar-refractivity contribution in [2.45, 2.75) is 155 Å². The van der Waals surface area contributed by atoms with Gasteiger partial charge in [-0.1, -0.05) is 115 Å². The van der Waals surface area contributed by atoms with Crippen molar-refractivity contribution < 1.29 is 5.11 Å². The number of nitrogens with two attached hydrogens (primary N) is 1. The zero-order chi connectivity index (χ0) is 47.4. The average Bonchev–Trinajstić information content (AvgIpc) is 4.03. The molecule has 350 valence electrons. The number of nitrogens with one attached hydrogen (secondary N) is 4. The van der Waals surface area contributed by atoms with Crippen LogP contribution in [0.15, 0.2) is 70.9 Å². The zero-order valence-corrected chi connectivity index (χ0v) is 42.0. The van der Waals surface area contributed by atoms with Crippen LogP contribution in [0, 0.1) is 41.4 Å². The molecule has 4 aromatic heterocycles. The number of pyridine rings is 1. The molecule has 1 aliphatic heterocycles. The van der Waals surface area contributed by atoms with E-state index in [1.165, 1.54) is 24.4 Å². The van der Waals surface area contributed by atoms with E-state index >= 15 is 0 Å². The standard InChI is InChI=1S/C13H18N2.C11H20N2.C10H15N3.C9H18N2.C8H14N2O/c1-13(2,3)9-8-12-14-10-6-4-5-7-11(10)15-12;1-8-9(2)13-10(12-8)6-7-11(3,4)5;1-8(2)7-13-10(11)9-5-3-4-6-12-9;1-9(2,3)5-4-8-10-6-7-11-8;1-8(2,3)7(11)6-4-5-9-10-6/h4-7H,8-9H2,1-3H3,(H,14,15);6-7H2,1-5H3,(H,12,13);3-6,8H,7H2,1-2H3,(H2,11,13);4-7H2,1-3H3,(H,10,11);4-5,7,11H,1-3H3,(H,9,10). The molecule has 12 heteroatoms. The van der Waals surface area contributed by atoms with Gasteiger partial charge in [-0.2, -0.15) is 5.10 Å². The number of amidine groups is 2. The molecule has 0 fully saturated rings. The lowest BCUT2D eigenvalue weighted by Gasteiger charge is -2.24. The van der Waals surface area contributed by atoms with Crippen molar-refractivity contribution >= 4 is 22.7 Å². The van der Waals surface area contributed by atoms with Crippen molar-refractivity contribution in [1.29, 1.82) is 0 Å². The minimum absolute atomic E-state index is 0.132. The van der Waals surface area contributed by atoms with Gasteiger partial charge in [-0.25, -0.2) is 9.97 Å². The molecule has 1 aromatic carbocycles. The number of aryl methyl sites for hydroxylation is 4. The Morgan fingerprint density at radius 2 is 1.33 bits per heavy atom. The summed E-state index contributed by atoms with van der Waals surface area (Å²) in [6.07, 6.45) is 9.65. The fourth-order valence-electron chi connectivity index (χ4n) is 5.72. The topological polar surface area (TPSA) is 182 Å². The molecule has 6 rings (SSSR count). The monoisotopic (exact) mass is 868 g/mol. The number of para-hydroxylation sites is 2. The molecule has 1 unspecified atom stereocenters. The summed E-state index contributed by atoms with van der Waals surface area (Å²) in [5.74, 6) is 4.49. The molecule has 0 saturated heterocycles. The molecule has 5 heterocycles. The molecular formula is C51H85N11O. The van der Waals surface area contributed by atoms with E-state index in [1.807, 2.05) is 64.1 Å². The molecule has 0 radical (unpaired) electrons. The van der Waals surface area contributed by atoms with Crippen LogP contribution in [0.1, 0.15) is 163 Å². The van der Waals surface area contributed by atoms with Gasteiger partial charge in [0, 0.05) is 50.4 Å². The maximum atomic E-state index is 9.67. The van der Waals surface area contributed by atoms with E-state index in [-0.39, 0.29) is 5.41 Å². The maximum Gasteiger partial charge on any atom is 0.144 e. The van der Waals surface area contributed by atoms with Gasteiger partial charge in [0.1, 0.15) is 29.3 Å². The van der Waals surface area contributed by atoms with Crippen molar-refractivity contribution in [2.75, 3.05) is 19.6 Å². The van der Waals surface area contributed by atoms with Crippen LogP contribution < -0.4 is 11.1 Å². The van der Waals surface area contributed by atoms with Gasteiger partial charge in [-0.05, 0) is 91.0 Å². The number of hydrogen-bond donors (Lipinski definition) is 6. The minimum atomic E-state index is -0.468. The molecule has 7 N–H and O–H groups in total. The number of aliphatic hydroxyl groups excluding tert-OH is 1. The van der Waals surface area contributed by atoms with Gasteiger partial charge in [-0.15, -0.1) is 0 Å². The van der Waals surface area contributed by atoms with Crippen molar-refractivity contribution in [2.24, 2.45) is 43.3 Å². The second-order valence-corrected chi connectivity index (χ2v) is 21.6. The van der Waals surface area contributed by atoms with E-state index in [9.17, 15) is 5.11 Å². The van der Waals surface area contributed by atoms with Crippen LogP contribution in [0.3, 0.4) is 0 Å². The van der Waals surface area contributed by atoms with Gasteiger partial charge in [0.15, 0.2) is 0 Å². The Labute approximate surface area is 380 Å². The highest BCUT2D eigenvalue weighted by molar-refractivity contribution is 5.95. The van der Waals surface area contributed by atoms with E-state index in [4.69, 9.17) is 5.73 Å². The van der Waals surface area contributed by atoms with Crippen LogP contribution >= 0.6 is 0 Å². The van der Waals surface area contributed by atoms with Crippen molar-refractivity contribution in [3.63, 3.8) is 0 Å². The number of benzene rings is 1. The molecular weight excluding hydrogens is 783 g/mol. The second-order valence-electron chi connectivity index (χ2n) is 21.6. The van der Waals surface area contributed by atoms with Crippen molar-refractivity contribution in [3.8, 4) is 0 Å². The Morgan fingerprint density at radius 1 is 0.746 bits per heavy atom. The first kappa shape index (κ1) is 54.3. The normalized spacial score (nSPS) is 13.6. The summed E-state index contributed by atoms with van der Waals surface area (Å²) >= 11 is 0. The number of aromatic nitrogens is 7. The van der Waals surface area contributed by atoms with Crippen LogP contribution in [0.5, 0.6) is 0 Å². The molecule has 63 heavy (non-hydrogen) atoms. The van der Waals surface area contributed by atoms with Crippen molar-refractivity contribution in [3.05, 3.63) is 95.3 Å². The number of rotatable bonds is 10. The van der Waals surface area contributed by atoms with Gasteiger partial charge in [0.25, 0.3) is 0 Å².